The van der Waals surface area contributed by atoms with Crippen molar-refractivity contribution in [2.75, 3.05) is 56.1 Å². The van der Waals surface area contributed by atoms with Gasteiger partial charge in [-0.3, -0.25) is 14.5 Å². The molecule has 1 fully saturated rings. The summed E-state index contributed by atoms with van der Waals surface area (Å²) < 4.78 is 5.88. The highest BCUT2D eigenvalue weighted by Crippen LogP contribution is 2.48. The van der Waals surface area contributed by atoms with E-state index >= 15 is 0 Å². The summed E-state index contributed by atoms with van der Waals surface area (Å²) in [5.74, 6) is 0.769. The average molecular weight is 479 g/mol. The predicted molar refractivity (Wildman–Crippen MR) is 134 cm³/mol. The summed E-state index contributed by atoms with van der Waals surface area (Å²) >= 11 is 0. The average Bonchev–Trinajstić information content (AvgIpc) is 3.31. The molecule has 2 N–H and O–H groups in total. The number of furan rings is 1. The number of para-hydroxylation sites is 2. The second-order valence-electron chi connectivity index (χ2n) is 10.5. The molecule has 3 heterocycles. The van der Waals surface area contributed by atoms with Crippen LogP contribution in [-0.4, -0.2) is 72.5 Å². The number of anilines is 2. The van der Waals surface area contributed by atoms with Gasteiger partial charge in [0.1, 0.15) is 11.8 Å². The molecule has 0 saturated carbocycles. The van der Waals surface area contributed by atoms with E-state index in [2.05, 4.69) is 24.1 Å². The van der Waals surface area contributed by atoms with E-state index in [0.29, 0.717) is 37.4 Å². The predicted octanol–water partition coefficient (Wildman–Crippen LogP) is 3.03. The number of carbonyl (C=O) groups excluding carboxylic acids is 2. The Morgan fingerprint density at radius 1 is 1.11 bits per heavy atom. The van der Waals surface area contributed by atoms with Gasteiger partial charge in [-0.15, -0.1) is 0 Å². The quantitative estimate of drug-likeness (QED) is 0.683. The summed E-state index contributed by atoms with van der Waals surface area (Å²) in [7, 11) is 0. The lowest BCUT2D eigenvalue weighted by Gasteiger charge is -2.39. The van der Waals surface area contributed by atoms with Crippen LogP contribution in [0.3, 0.4) is 0 Å². The Morgan fingerprint density at radius 2 is 1.89 bits per heavy atom. The fraction of sp³-hybridized carbons (Fsp3) is 0.481. The molecule has 1 aliphatic carbocycles. The number of carbonyl (C=O) groups is 2. The SMILES string of the molecule is CC1(C)CC(=O)C2=C(C1)Nc1ccccc1N(CC(=O)N1CCN(CCO)CC1)[C@H]2c1ccco1. The first kappa shape index (κ1) is 23.6. The number of rotatable bonds is 5. The van der Waals surface area contributed by atoms with E-state index in [-0.39, 0.29) is 30.3 Å². The number of fused-ring (bicyclic) bond motifs is 1. The number of Topliss-reactive ketones (excluding diaryl/α,β-unsaturated/α-hetero) is 1. The number of allylic oxidation sites excluding steroid dienone is 1. The zero-order valence-electron chi connectivity index (χ0n) is 20.5. The van der Waals surface area contributed by atoms with Crippen LogP contribution in [0.5, 0.6) is 0 Å². The number of piperazine rings is 1. The molecule has 0 radical (unpaired) electrons. The molecule has 0 spiro atoms. The van der Waals surface area contributed by atoms with Gasteiger partial charge in [-0.25, -0.2) is 0 Å². The van der Waals surface area contributed by atoms with Gasteiger partial charge in [-0.1, -0.05) is 26.0 Å². The summed E-state index contributed by atoms with van der Waals surface area (Å²) in [5, 5.41) is 12.8. The number of β-amino-alcohol motifs (C(OH)–C–C–N with tert-alkyl or cyclic N) is 1. The van der Waals surface area contributed by atoms with Gasteiger partial charge in [0.15, 0.2) is 5.78 Å². The zero-order valence-corrected chi connectivity index (χ0v) is 20.5. The Hall–Kier alpha value is -3.10. The molecule has 2 aromatic rings. The van der Waals surface area contributed by atoms with Crippen molar-refractivity contribution in [3.8, 4) is 0 Å². The number of amides is 1. The highest BCUT2D eigenvalue weighted by atomic mass is 16.3. The zero-order chi connectivity index (χ0) is 24.6. The van der Waals surface area contributed by atoms with Crippen LogP contribution in [0.25, 0.3) is 0 Å². The first-order valence-corrected chi connectivity index (χ1v) is 12.4. The summed E-state index contributed by atoms with van der Waals surface area (Å²) in [6, 6.07) is 11.2. The lowest BCUT2D eigenvalue weighted by Crippen LogP contribution is -2.52. The van der Waals surface area contributed by atoms with E-state index in [4.69, 9.17) is 4.42 Å². The maximum Gasteiger partial charge on any atom is 0.242 e. The molecule has 1 aromatic heterocycles. The van der Waals surface area contributed by atoms with Gasteiger partial charge in [0, 0.05) is 50.4 Å². The van der Waals surface area contributed by atoms with Crippen molar-refractivity contribution in [1.82, 2.24) is 9.80 Å². The molecule has 186 valence electrons. The van der Waals surface area contributed by atoms with Gasteiger partial charge in [0.05, 0.1) is 30.8 Å². The van der Waals surface area contributed by atoms with Crippen molar-refractivity contribution in [3.63, 3.8) is 0 Å². The molecular weight excluding hydrogens is 444 g/mol. The second kappa shape index (κ2) is 9.51. The number of ketones is 1. The molecule has 0 unspecified atom stereocenters. The third-order valence-corrected chi connectivity index (χ3v) is 7.26. The van der Waals surface area contributed by atoms with Crippen molar-refractivity contribution in [3.05, 3.63) is 59.7 Å². The summed E-state index contributed by atoms with van der Waals surface area (Å²) in [6.07, 6.45) is 2.82. The minimum Gasteiger partial charge on any atom is -0.467 e. The molecule has 0 bridgehead atoms. The first-order chi connectivity index (χ1) is 16.9. The molecule has 35 heavy (non-hydrogen) atoms. The molecule has 1 saturated heterocycles. The third kappa shape index (κ3) is 4.73. The largest absolute Gasteiger partial charge is 0.467 e. The van der Waals surface area contributed by atoms with Crippen molar-refractivity contribution >= 4 is 23.1 Å². The third-order valence-electron chi connectivity index (χ3n) is 7.26. The Labute approximate surface area is 206 Å². The van der Waals surface area contributed by atoms with Crippen LogP contribution >= 0.6 is 0 Å². The fourth-order valence-electron chi connectivity index (χ4n) is 5.58. The van der Waals surface area contributed by atoms with Crippen LogP contribution in [0.15, 0.2) is 58.3 Å². The normalized spacial score (nSPS) is 22.4. The van der Waals surface area contributed by atoms with Gasteiger partial charge >= 0.3 is 0 Å². The number of nitrogens with one attached hydrogen (secondary N) is 1. The van der Waals surface area contributed by atoms with Crippen LogP contribution in [0.2, 0.25) is 0 Å². The van der Waals surface area contributed by atoms with Gasteiger partial charge in [0.25, 0.3) is 0 Å². The minimum atomic E-state index is -0.487. The van der Waals surface area contributed by atoms with E-state index in [1.54, 1.807) is 6.26 Å². The Morgan fingerprint density at radius 3 is 2.60 bits per heavy atom. The van der Waals surface area contributed by atoms with Crippen LogP contribution in [-0.2, 0) is 9.59 Å². The van der Waals surface area contributed by atoms with Crippen molar-refractivity contribution in [2.45, 2.75) is 32.7 Å². The van der Waals surface area contributed by atoms with E-state index in [0.717, 1.165) is 36.6 Å². The lowest BCUT2D eigenvalue weighted by atomic mass is 9.74. The number of aliphatic hydroxyl groups excluding tert-OH is 1. The number of aliphatic hydroxyl groups is 1. The van der Waals surface area contributed by atoms with Crippen molar-refractivity contribution in [1.29, 1.82) is 0 Å². The molecule has 1 aromatic carbocycles. The Kier molecular flexibility index (Phi) is 6.42. The maximum atomic E-state index is 13.6. The molecule has 2 aliphatic heterocycles. The van der Waals surface area contributed by atoms with Crippen molar-refractivity contribution in [2.24, 2.45) is 5.41 Å². The van der Waals surface area contributed by atoms with Gasteiger partial charge in [-0.2, -0.15) is 0 Å². The summed E-state index contributed by atoms with van der Waals surface area (Å²) in [6.45, 7) is 7.86. The Bertz CT molecular complexity index is 1120. The monoisotopic (exact) mass is 478 g/mol. The highest BCUT2D eigenvalue weighted by molar-refractivity contribution is 6.01. The fourth-order valence-corrected chi connectivity index (χ4v) is 5.58. The molecule has 5 rings (SSSR count). The van der Waals surface area contributed by atoms with Gasteiger partial charge in [0.2, 0.25) is 5.91 Å². The molecule has 1 amide bonds. The first-order valence-electron chi connectivity index (χ1n) is 12.4. The van der Waals surface area contributed by atoms with Crippen LogP contribution in [0, 0.1) is 5.41 Å². The molecule has 8 heteroatoms. The van der Waals surface area contributed by atoms with E-state index in [1.165, 1.54) is 0 Å². The molecule has 3 aliphatic rings. The van der Waals surface area contributed by atoms with E-state index in [9.17, 15) is 14.7 Å². The van der Waals surface area contributed by atoms with Crippen LogP contribution in [0.1, 0.15) is 38.5 Å². The number of hydrogen-bond acceptors (Lipinski definition) is 7. The van der Waals surface area contributed by atoms with Gasteiger partial charge in [-0.05, 0) is 36.1 Å². The summed E-state index contributed by atoms with van der Waals surface area (Å²) in [4.78, 5) is 33.3. The smallest absolute Gasteiger partial charge is 0.242 e. The highest BCUT2D eigenvalue weighted by Gasteiger charge is 2.43. The maximum absolute atomic E-state index is 13.6. The van der Waals surface area contributed by atoms with Crippen molar-refractivity contribution < 1.29 is 19.1 Å². The number of nitrogens with zero attached hydrogens (tertiary/aromatic N) is 3. The number of benzene rings is 1. The molecule has 8 nitrogen and oxygen atoms in total. The standard InChI is InChI=1S/C27H34N4O4/c1-27(2)16-20-25(22(33)17-27)26(23-8-5-15-35-23)31(21-7-4-3-6-19(21)28-20)18-24(34)30-11-9-29(10-12-30)13-14-32/h3-8,15,26,28,32H,9-14,16-18H2,1-2H3/t26-/m0/s1. The Balaban J connectivity index is 1.53. The van der Waals surface area contributed by atoms with E-state index < -0.39 is 6.04 Å². The van der Waals surface area contributed by atoms with Crippen LogP contribution in [0.4, 0.5) is 11.4 Å². The summed E-state index contributed by atoms with van der Waals surface area (Å²) in [5.41, 5.74) is 3.22. The minimum absolute atomic E-state index is 0.0210. The topological polar surface area (TPSA) is 89.3 Å². The van der Waals surface area contributed by atoms with Crippen LogP contribution < -0.4 is 10.2 Å². The molecular formula is C27H34N4O4. The second-order valence-corrected chi connectivity index (χ2v) is 10.5. The number of hydrogen-bond donors (Lipinski definition) is 2. The van der Waals surface area contributed by atoms with Gasteiger partial charge < -0.3 is 24.6 Å². The molecule has 1 atom stereocenters. The lowest BCUT2D eigenvalue weighted by molar-refractivity contribution is -0.131. The van der Waals surface area contributed by atoms with E-state index in [1.807, 2.05) is 46.2 Å².